The molecule has 0 N–H and O–H groups in total. The number of rotatable bonds is 3. The van der Waals surface area contributed by atoms with Gasteiger partial charge in [-0.05, 0) is 17.7 Å². The Hall–Kier alpha value is -2.11. The molecule has 21 heavy (non-hydrogen) atoms. The fraction of sp³-hybridized carbons (Fsp3) is 0. The first-order chi connectivity index (χ1) is 10.1. The summed E-state index contributed by atoms with van der Waals surface area (Å²) < 4.78 is 24.8. The zero-order valence-electron chi connectivity index (χ0n) is 10.8. The third-order valence-electron chi connectivity index (χ3n) is 3.12. The molecule has 0 radical (unpaired) electrons. The number of halogens is 1. The van der Waals surface area contributed by atoms with Crippen molar-refractivity contribution in [2.45, 2.75) is 4.90 Å². The lowest BCUT2D eigenvalue weighted by atomic mass is 10.0. The lowest BCUT2D eigenvalue weighted by molar-refractivity contribution is 0.609. The fourth-order valence-electron chi connectivity index (χ4n) is 2.14. The Labute approximate surface area is 127 Å². The molecular formula is C15H11ClN2O2S. The van der Waals surface area contributed by atoms with E-state index in [0.717, 1.165) is 11.1 Å². The zero-order valence-corrected chi connectivity index (χ0v) is 12.4. The lowest BCUT2D eigenvalue weighted by Gasteiger charge is -2.12. The van der Waals surface area contributed by atoms with E-state index in [-0.39, 0.29) is 4.90 Å². The monoisotopic (exact) mass is 318 g/mol. The number of imidazole rings is 1. The van der Waals surface area contributed by atoms with Crippen LogP contribution in [0, 0.1) is 0 Å². The maximum absolute atomic E-state index is 11.5. The largest absolute Gasteiger partial charge is 0.306 e. The molecule has 0 atom stereocenters. The average Bonchev–Trinajstić information content (AvgIpc) is 3.01. The second-order valence-electron chi connectivity index (χ2n) is 4.45. The van der Waals surface area contributed by atoms with E-state index >= 15 is 0 Å². The van der Waals surface area contributed by atoms with Gasteiger partial charge in [-0.3, -0.25) is 0 Å². The third kappa shape index (κ3) is 2.84. The van der Waals surface area contributed by atoms with Crippen LogP contribution in [0.1, 0.15) is 0 Å². The van der Waals surface area contributed by atoms with Gasteiger partial charge in [-0.15, -0.1) is 0 Å². The van der Waals surface area contributed by atoms with Crippen molar-refractivity contribution in [1.29, 1.82) is 0 Å². The Morgan fingerprint density at radius 3 is 2.43 bits per heavy atom. The molecule has 4 nitrogen and oxygen atoms in total. The van der Waals surface area contributed by atoms with Crippen molar-refractivity contribution in [1.82, 2.24) is 9.55 Å². The molecular weight excluding hydrogens is 308 g/mol. The van der Waals surface area contributed by atoms with Crippen LogP contribution in [0.3, 0.4) is 0 Å². The SMILES string of the molecule is O=S(=O)(Cl)c1ccc(-c2ccccc2)c(-n2ccnc2)c1. The highest BCUT2D eigenvalue weighted by molar-refractivity contribution is 8.13. The van der Waals surface area contributed by atoms with Gasteiger partial charge in [0.1, 0.15) is 0 Å². The fourth-order valence-corrected chi connectivity index (χ4v) is 2.91. The van der Waals surface area contributed by atoms with Crippen LogP contribution in [-0.2, 0) is 9.05 Å². The Morgan fingerprint density at radius 2 is 1.81 bits per heavy atom. The molecule has 0 saturated heterocycles. The van der Waals surface area contributed by atoms with Crippen LogP contribution < -0.4 is 0 Å². The van der Waals surface area contributed by atoms with Crippen LogP contribution in [0.4, 0.5) is 0 Å². The van der Waals surface area contributed by atoms with Crippen molar-refractivity contribution in [3.05, 3.63) is 67.3 Å². The third-order valence-corrected chi connectivity index (χ3v) is 4.47. The molecule has 0 aliphatic heterocycles. The van der Waals surface area contributed by atoms with Crippen molar-refractivity contribution >= 4 is 19.7 Å². The average molecular weight is 319 g/mol. The molecule has 6 heteroatoms. The van der Waals surface area contributed by atoms with E-state index in [9.17, 15) is 8.42 Å². The maximum Gasteiger partial charge on any atom is 0.261 e. The molecule has 3 rings (SSSR count). The van der Waals surface area contributed by atoms with Gasteiger partial charge in [-0.2, -0.15) is 0 Å². The molecule has 2 aromatic carbocycles. The first-order valence-corrected chi connectivity index (χ1v) is 8.49. The van der Waals surface area contributed by atoms with Gasteiger partial charge in [0.05, 0.1) is 16.9 Å². The summed E-state index contributed by atoms with van der Waals surface area (Å²) in [5, 5.41) is 0. The molecule has 0 aliphatic carbocycles. The van der Waals surface area contributed by atoms with E-state index < -0.39 is 9.05 Å². The molecule has 106 valence electrons. The summed E-state index contributed by atoms with van der Waals surface area (Å²) in [4.78, 5) is 4.07. The summed E-state index contributed by atoms with van der Waals surface area (Å²) in [7, 11) is 1.66. The molecule has 1 aromatic heterocycles. The van der Waals surface area contributed by atoms with Crippen molar-refractivity contribution in [2.24, 2.45) is 0 Å². The van der Waals surface area contributed by atoms with Crippen LogP contribution in [0.5, 0.6) is 0 Å². The predicted octanol–water partition coefficient (Wildman–Crippen LogP) is 3.47. The molecule has 0 unspecified atom stereocenters. The number of benzene rings is 2. The van der Waals surface area contributed by atoms with Gasteiger partial charge in [0, 0.05) is 28.6 Å². The summed E-state index contributed by atoms with van der Waals surface area (Å²) in [6.07, 6.45) is 5.01. The van der Waals surface area contributed by atoms with Gasteiger partial charge < -0.3 is 4.57 Å². The topological polar surface area (TPSA) is 52.0 Å². The molecule has 0 saturated carbocycles. The second kappa shape index (κ2) is 5.35. The van der Waals surface area contributed by atoms with Crippen LogP contribution in [0.25, 0.3) is 16.8 Å². The number of hydrogen-bond donors (Lipinski definition) is 0. The summed E-state index contributed by atoms with van der Waals surface area (Å²) in [5.74, 6) is 0. The normalized spacial score (nSPS) is 11.5. The molecule has 0 aliphatic rings. The Bertz CT molecular complexity index is 860. The van der Waals surface area contributed by atoms with E-state index in [4.69, 9.17) is 10.7 Å². The molecule has 0 fully saturated rings. The van der Waals surface area contributed by atoms with E-state index in [1.165, 1.54) is 6.07 Å². The predicted molar refractivity (Wildman–Crippen MR) is 82.0 cm³/mol. The van der Waals surface area contributed by atoms with Crippen LogP contribution in [0.2, 0.25) is 0 Å². The highest BCUT2D eigenvalue weighted by Crippen LogP contribution is 2.30. The van der Waals surface area contributed by atoms with Gasteiger partial charge in [0.25, 0.3) is 9.05 Å². The highest BCUT2D eigenvalue weighted by atomic mass is 35.7. The smallest absolute Gasteiger partial charge is 0.261 e. The van der Waals surface area contributed by atoms with E-state index in [0.29, 0.717) is 5.69 Å². The second-order valence-corrected chi connectivity index (χ2v) is 7.02. The number of aromatic nitrogens is 2. The Kier molecular flexibility index (Phi) is 3.53. The summed E-state index contributed by atoms with van der Waals surface area (Å²) in [6.45, 7) is 0. The summed E-state index contributed by atoms with van der Waals surface area (Å²) >= 11 is 0. The van der Waals surface area contributed by atoms with Crippen molar-refractivity contribution in [3.8, 4) is 16.8 Å². The first-order valence-electron chi connectivity index (χ1n) is 6.18. The first kappa shape index (κ1) is 13.9. The lowest BCUT2D eigenvalue weighted by Crippen LogP contribution is -1.98. The van der Waals surface area contributed by atoms with E-state index in [1.807, 2.05) is 30.3 Å². The van der Waals surface area contributed by atoms with Crippen molar-refractivity contribution in [3.63, 3.8) is 0 Å². The van der Waals surface area contributed by atoms with Crippen LogP contribution in [0.15, 0.2) is 72.1 Å². The van der Waals surface area contributed by atoms with Gasteiger partial charge in [0.15, 0.2) is 0 Å². The minimum Gasteiger partial charge on any atom is -0.306 e. The summed E-state index contributed by atoms with van der Waals surface area (Å²) in [6, 6.07) is 14.5. The van der Waals surface area contributed by atoms with Gasteiger partial charge in [0.2, 0.25) is 0 Å². The molecule has 0 bridgehead atoms. The zero-order chi connectivity index (χ0) is 14.9. The van der Waals surface area contributed by atoms with Crippen LogP contribution in [-0.4, -0.2) is 18.0 Å². The molecule has 3 aromatic rings. The van der Waals surface area contributed by atoms with Crippen molar-refractivity contribution in [2.75, 3.05) is 0 Å². The maximum atomic E-state index is 11.5. The minimum absolute atomic E-state index is 0.0625. The van der Waals surface area contributed by atoms with Gasteiger partial charge >= 0.3 is 0 Å². The van der Waals surface area contributed by atoms with E-state index in [1.54, 1.807) is 35.4 Å². The standard InChI is InChI=1S/C15H11ClN2O2S/c16-21(19,20)13-6-7-14(12-4-2-1-3-5-12)15(10-13)18-9-8-17-11-18/h1-11H. The van der Waals surface area contributed by atoms with E-state index in [2.05, 4.69) is 4.98 Å². The quantitative estimate of drug-likeness (QED) is 0.695. The minimum atomic E-state index is -3.78. The Balaban J connectivity index is 2.26. The molecule has 1 heterocycles. The molecule has 0 spiro atoms. The number of nitrogens with zero attached hydrogens (tertiary/aromatic N) is 2. The number of hydrogen-bond acceptors (Lipinski definition) is 3. The van der Waals surface area contributed by atoms with Crippen molar-refractivity contribution < 1.29 is 8.42 Å². The van der Waals surface area contributed by atoms with Gasteiger partial charge in [-0.1, -0.05) is 36.4 Å². The van der Waals surface area contributed by atoms with Crippen LogP contribution >= 0.6 is 10.7 Å². The summed E-state index contributed by atoms with van der Waals surface area (Å²) in [5.41, 5.74) is 2.60. The highest BCUT2D eigenvalue weighted by Gasteiger charge is 2.14. The molecule has 0 amide bonds. The Morgan fingerprint density at radius 1 is 1.05 bits per heavy atom. The van der Waals surface area contributed by atoms with Gasteiger partial charge in [-0.25, -0.2) is 13.4 Å².